The molecule has 1 unspecified atom stereocenters. The fraction of sp³-hybridized carbons (Fsp3) is 0.176. The zero-order valence-electron chi connectivity index (χ0n) is 13.1. The number of halogens is 2. The van der Waals surface area contributed by atoms with E-state index in [0.717, 1.165) is 10.5 Å². The summed E-state index contributed by atoms with van der Waals surface area (Å²) in [7, 11) is 1.85. The number of nitrogens with one attached hydrogen (secondary N) is 3. The van der Waals surface area contributed by atoms with Gasteiger partial charge in [-0.3, -0.25) is 20.4 Å². The normalized spacial score (nSPS) is 11.6. The van der Waals surface area contributed by atoms with E-state index in [1.165, 1.54) is 12.1 Å². The molecule has 0 aliphatic rings. The van der Waals surface area contributed by atoms with Crippen LogP contribution in [0.4, 0.5) is 4.39 Å². The summed E-state index contributed by atoms with van der Waals surface area (Å²) in [6.07, 6.45) is 0. The Kier molecular flexibility index (Phi) is 6.45. The van der Waals surface area contributed by atoms with Gasteiger partial charge in [0.15, 0.2) is 6.54 Å². The minimum atomic E-state index is -0.396. The Morgan fingerprint density at radius 3 is 2.42 bits per heavy atom. The van der Waals surface area contributed by atoms with Gasteiger partial charge in [0.25, 0.3) is 11.8 Å². The van der Waals surface area contributed by atoms with Crippen molar-refractivity contribution < 1.29 is 18.9 Å². The standard InChI is InChI=1S/C17H17BrFN3O2/c1-22(10-12-6-8-13(19)9-7-12)11-16(23)20-21-17(24)14-4-2-3-5-15(14)18/h2-9H,10-11H2,1H3,(H,20,23)(H,21,24)/p+1. The average Bonchev–Trinajstić information content (AvgIpc) is 2.55. The molecule has 0 radical (unpaired) electrons. The van der Waals surface area contributed by atoms with Gasteiger partial charge < -0.3 is 4.90 Å². The van der Waals surface area contributed by atoms with Crippen molar-refractivity contribution in [3.8, 4) is 0 Å². The van der Waals surface area contributed by atoms with Crippen LogP contribution in [0.2, 0.25) is 0 Å². The molecule has 7 heteroatoms. The fourth-order valence-electron chi connectivity index (χ4n) is 2.17. The van der Waals surface area contributed by atoms with Gasteiger partial charge in [0.2, 0.25) is 0 Å². The molecule has 0 fully saturated rings. The Morgan fingerprint density at radius 2 is 1.75 bits per heavy atom. The molecular formula is C17H18BrFN3O2+. The molecule has 2 amide bonds. The highest BCUT2D eigenvalue weighted by Gasteiger charge is 2.13. The van der Waals surface area contributed by atoms with E-state index in [9.17, 15) is 14.0 Å². The molecule has 3 N–H and O–H groups in total. The van der Waals surface area contributed by atoms with Crippen molar-refractivity contribution in [2.75, 3.05) is 13.6 Å². The highest BCUT2D eigenvalue weighted by Crippen LogP contribution is 2.14. The molecule has 24 heavy (non-hydrogen) atoms. The van der Waals surface area contributed by atoms with Gasteiger partial charge in [-0.15, -0.1) is 0 Å². The average molecular weight is 395 g/mol. The Hall–Kier alpha value is -2.25. The number of quaternary nitrogens is 1. The molecule has 2 rings (SSSR count). The van der Waals surface area contributed by atoms with Gasteiger partial charge in [0.05, 0.1) is 12.6 Å². The summed E-state index contributed by atoms with van der Waals surface area (Å²) < 4.78 is 13.5. The van der Waals surface area contributed by atoms with Crippen LogP contribution in [-0.4, -0.2) is 25.4 Å². The quantitative estimate of drug-likeness (QED) is 0.664. The van der Waals surface area contributed by atoms with Crippen LogP contribution in [0.5, 0.6) is 0 Å². The predicted molar refractivity (Wildman–Crippen MR) is 91.6 cm³/mol. The zero-order valence-corrected chi connectivity index (χ0v) is 14.7. The molecule has 2 aromatic carbocycles. The lowest BCUT2D eigenvalue weighted by molar-refractivity contribution is -0.885. The van der Waals surface area contributed by atoms with Gasteiger partial charge in [-0.05, 0) is 40.2 Å². The number of carbonyl (C=O) groups is 2. The number of benzene rings is 2. The Bertz CT molecular complexity index is 722. The van der Waals surface area contributed by atoms with Crippen molar-refractivity contribution in [2.45, 2.75) is 6.54 Å². The Labute approximate surface area is 147 Å². The van der Waals surface area contributed by atoms with Gasteiger partial charge >= 0.3 is 0 Å². The molecule has 5 nitrogen and oxygen atoms in total. The number of rotatable bonds is 5. The Balaban J connectivity index is 1.79. The van der Waals surface area contributed by atoms with E-state index in [-0.39, 0.29) is 18.3 Å². The molecular weight excluding hydrogens is 377 g/mol. The van der Waals surface area contributed by atoms with Crippen molar-refractivity contribution in [2.24, 2.45) is 0 Å². The zero-order chi connectivity index (χ0) is 17.5. The summed E-state index contributed by atoms with van der Waals surface area (Å²) in [5, 5.41) is 0. The largest absolute Gasteiger partial charge is 0.326 e. The first kappa shape index (κ1) is 18.1. The Morgan fingerprint density at radius 1 is 1.08 bits per heavy atom. The molecule has 0 heterocycles. The van der Waals surface area contributed by atoms with Crippen LogP contribution in [0, 0.1) is 5.82 Å². The molecule has 0 aliphatic carbocycles. The summed E-state index contributed by atoms with van der Waals surface area (Å²) in [6, 6.07) is 13.1. The van der Waals surface area contributed by atoms with Crippen molar-refractivity contribution in [1.29, 1.82) is 0 Å². The van der Waals surface area contributed by atoms with Crippen LogP contribution in [0.25, 0.3) is 0 Å². The third-order valence-corrected chi connectivity index (χ3v) is 4.01. The second-order valence-electron chi connectivity index (χ2n) is 5.42. The van der Waals surface area contributed by atoms with Gasteiger partial charge in [-0.25, -0.2) is 4.39 Å². The third kappa shape index (κ3) is 5.43. The van der Waals surface area contributed by atoms with Crippen LogP contribution in [0.3, 0.4) is 0 Å². The molecule has 0 saturated carbocycles. The number of hydrogen-bond acceptors (Lipinski definition) is 2. The van der Waals surface area contributed by atoms with Gasteiger partial charge in [0.1, 0.15) is 12.4 Å². The molecule has 0 spiro atoms. The van der Waals surface area contributed by atoms with E-state index >= 15 is 0 Å². The van der Waals surface area contributed by atoms with Gasteiger partial charge in [-0.2, -0.15) is 0 Å². The smallest absolute Gasteiger partial charge is 0.293 e. The first-order valence-corrected chi connectivity index (χ1v) is 8.14. The minimum Gasteiger partial charge on any atom is -0.326 e. The van der Waals surface area contributed by atoms with Crippen LogP contribution < -0.4 is 15.8 Å². The number of carbonyl (C=O) groups excluding carboxylic acids is 2. The summed E-state index contributed by atoms with van der Waals surface area (Å²) in [5.41, 5.74) is 6.14. The topological polar surface area (TPSA) is 62.6 Å². The van der Waals surface area contributed by atoms with Crippen LogP contribution in [0.15, 0.2) is 53.0 Å². The number of likely N-dealkylation sites (N-methyl/N-ethyl adjacent to an activating group) is 1. The van der Waals surface area contributed by atoms with Gasteiger partial charge in [-0.1, -0.05) is 24.3 Å². The molecule has 2 aromatic rings. The van der Waals surface area contributed by atoms with Crippen molar-refractivity contribution in [1.82, 2.24) is 10.9 Å². The maximum Gasteiger partial charge on any atom is 0.293 e. The van der Waals surface area contributed by atoms with Crippen molar-refractivity contribution >= 4 is 27.7 Å². The molecule has 0 bridgehead atoms. The van der Waals surface area contributed by atoms with E-state index in [0.29, 0.717) is 16.6 Å². The maximum absolute atomic E-state index is 12.9. The number of hydrogen-bond donors (Lipinski definition) is 3. The third-order valence-electron chi connectivity index (χ3n) is 3.32. The van der Waals surface area contributed by atoms with Crippen LogP contribution in [0.1, 0.15) is 15.9 Å². The summed E-state index contributed by atoms with van der Waals surface area (Å²) in [6.45, 7) is 0.749. The monoisotopic (exact) mass is 394 g/mol. The lowest BCUT2D eigenvalue weighted by atomic mass is 10.2. The molecule has 0 aromatic heterocycles. The highest BCUT2D eigenvalue weighted by molar-refractivity contribution is 9.10. The lowest BCUT2D eigenvalue weighted by Crippen LogP contribution is -3.09. The molecule has 126 valence electrons. The number of amides is 2. The number of hydrazine groups is 1. The molecule has 0 saturated heterocycles. The van der Waals surface area contributed by atoms with E-state index < -0.39 is 5.91 Å². The first-order valence-electron chi connectivity index (χ1n) is 7.35. The minimum absolute atomic E-state index is 0.174. The summed E-state index contributed by atoms with van der Waals surface area (Å²) in [4.78, 5) is 24.8. The van der Waals surface area contributed by atoms with Gasteiger partial charge in [0, 0.05) is 10.0 Å². The fourth-order valence-corrected chi connectivity index (χ4v) is 2.64. The van der Waals surface area contributed by atoms with E-state index in [1.807, 2.05) is 7.05 Å². The van der Waals surface area contributed by atoms with E-state index in [1.54, 1.807) is 36.4 Å². The predicted octanol–water partition coefficient (Wildman–Crippen LogP) is 1.06. The molecule has 1 atom stereocenters. The van der Waals surface area contributed by atoms with Crippen LogP contribution in [-0.2, 0) is 11.3 Å². The molecule has 0 aliphatic heterocycles. The van der Waals surface area contributed by atoms with E-state index in [2.05, 4.69) is 26.8 Å². The lowest BCUT2D eigenvalue weighted by Gasteiger charge is -2.14. The maximum atomic E-state index is 12.9. The summed E-state index contributed by atoms with van der Waals surface area (Å²) >= 11 is 3.28. The summed E-state index contributed by atoms with van der Waals surface area (Å²) in [5.74, 6) is -0.994. The first-order chi connectivity index (χ1) is 11.5. The van der Waals surface area contributed by atoms with Crippen molar-refractivity contribution in [3.63, 3.8) is 0 Å². The second-order valence-corrected chi connectivity index (χ2v) is 6.27. The van der Waals surface area contributed by atoms with Crippen LogP contribution >= 0.6 is 15.9 Å². The van der Waals surface area contributed by atoms with Crippen molar-refractivity contribution in [3.05, 3.63) is 69.9 Å². The SMILES string of the molecule is C[NH+](CC(=O)NNC(=O)c1ccccc1Br)Cc1ccc(F)cc1. The second kappa shape index (κ2) is 8.56. The van der Waals surface area contributed by atoms with E-state index in [4.69, 9.17) is 0 Å². The highest BCUT2D eigenvalue weighted by atomic mass is 79.9.